The Morgan fingerprint density at radius 2 is 2.13 bits per heavy atom. The Hall–Kier alpha value is -1.06. The lowest BCUT2D eigenvalue weighted by molar-refractivity contribution is -0.137. The van der Waals surface area contributed by atoms with Gasteiger partial charge in [-0.1, -0.05) is 19.3 Å². The van der Waals surface area contributed by atoms with Crippen molar-refractivity contribution < 1.29 is 14.7 Å². The number of carbonyl (C=O) groups excluding carboxylic acids is 1. The van der Waals surface area contributed by atoms with E-state index in [1.807, 2.05) is 0 Å². The first kappa shape index (κ1) is 12.0. The van der Waals surface area contributed by atoms with E-state index in [1.165, 1.54) is 26.2 Å². The second-order valence-electron chi connectivity index (χ2n) is 4.36. The van der Waals surface area contributed by atoms with Crippen LogP contribution >= 0.6 is 0 Å². The summed E-state index contributed by atoms with van der Waals surface area (Å²) in [5, 5.41) is 11.4. The Bertz CT molecular complexity index is 236. The van der Waals surface area contributed by atoms with E-state index in [0.717, 1.165) is 6.42 Å². The minimum Gasteiger partial charge on any atom is -0.481 e. The van der Waals surface area contributed by atoms with Crippen LogP contribution in [0.1, 0.15) is 45.4 Å². The Morgan fingerprint density at radius 3 is 2.53 bits per heavy atom. The van der Waals surface area contributed by atoms with E-state index in [0.29, 0.717) is 12.3 Å². The molecule has 0 bridgehead atoms. The van der Waals surface area contributed by atoms with Crippen LogP contribution in [-0.2, 0) is 9.59 Å². The molecular weight excluding hydrogens is 194 g/mol. The molecule has 0 spiro atoms. The van der Waals surface area contributed by atoms with E-state index in [1.54, 1.807) is 0 Å². The minimum atomic E-state index is -0.793. The summed E-state index contributed by atoms with van der Waals surface area (Å²) < 4.78 is 0. The number of nitrogens with one attached hydrogen (secondary N) is 1. The third-order valence-corrected chi connectivity index (χ3v) is 2.96. The van der Waals surface area contributed by atoms with Crippen LogP contribution in [0.15, 0.2) is 0 Å². The Kier molecular flexibility index (Phi) is 4.59. The van der Waals surface area contributed by atoms with Crippen molar-refractivity contribution in [3.8, 4) is 0 Å². The summed E-state index contributed by atoms with van der Waals surface area (Å²) in [6, 6.07) is 0.0453. The van der Waals surface area contributed by atoms with Gasteiger partial charge in [-0.3, -0.25) is 9.59 Å². The molecule has 1 aliphatic carbocycles. The van der Waals surface area contributed by atoms with Gasteiger partial charge < -0.3 is 10.4 Å². The predicted molar refractivity (Wildman–Crippen MR) is 56.4 cm³/mol. The van der Waals surface area contributed by atoms with E-state index in [2.05, 4.69) is 5.32 Å². The number of hydrogen-bond acceptors (Lipinski definition) is 2. The second kappa shape index (κ2) is 5.73. The number of aliphatic carboxylic acids is 1. The molecule has 0 radical (unpaired) electrons. The molecule has 0 saturated heterocycles. The molecular formula is C11H19NO3. The first-order valence-corrected chi connectivity index (χ1v) is 5.57. The van der Waals surface area contributed by atoms with Gasteiger partial charge in [0.15, 0.2) is 0 Å². The summed E-state index contributed by atoms with van der Waals surface area (Å²) in [7, 11) is 0. The van der Waals surface area contributed by atoms with Crippen LogP contribution in [0.5, 0.6) is 0 Å². The highest BCUT2D eigenvalue weighted by Crippen LogP contribution is 2.31. The van der Waals surface area contributed by atoms with Crippen LogP contribution in [0.3, 0.4) is 0 Å². The molecule has 1 saturated carbocycles. The van der Waals surface area contributed by atoms with Gasteiger partial charge in [0, 0.05) is 19.4 Å². The highest BCUT2D eigenvalue weighted by Gasteiger charge is 2.22. The molecule has 0 aromatic carbocycles. The molecule has 0 aromatic rings. The molecule has 1 amide bonds. The molecule has 1 atom stereocenters. The normalized spacial score (nSPS) is 17.9. The number of amides is 1. The maximum Gasteiger partial charge on any atom is 0.303 e. The molecule has 86 valence electrons. The zero-order chi connectivity index (χ0) is 11.3. The smallest absolute Gasteiger partial charge is 0.303 e. The Labute approximate surface area is 90.0 Å². The van der Waals surface area contributed by atoms with Gasteiger partial charge in [0.1, 0.15) is 0 Å². The van der Waals surface area contributed by atoms with E-state index in [9.17, 15) is 9.59 Å². The summed E-state index contributed by atoms with van der Waals surface area (Å²) in [4.78, 5) is 21.4. The molecule has 2 N–H and O–H groups in total. The first-order chi connectivity index (χ1) is 7.08. The average molecular weight is 213 g/mol. The fourth-order valence-electron chi connectivity index (χ4n) is 1.96. The van der Waals surface area contributed by atoms with Gasteiger partial charge in [-0.05, 0) is 18.8 Å². The van der Waals surface area contributed by atoms with Crippen LogP contribution in [0.25, 0.3) is 0 Å². The largest absolute Gasteiger partial charge is 0.481 e. The van der Waals surface area contributed by atoms with Gasteiger partial charge in [-0.2, -0.15) is 0 Å². The molecule has 4 nitrogen and oxygen atoms in total. The third kappa shape index (κ3) is 4.81. The maximum absolute atomic E-state index is 10.9. The third-order valence-electron chi connectivity index (χ3n) is 2.96. The summed E-state index contributed by atoms with van der Waals surface area (Å²) in [5.41, 5.74) is 0. The van der Waals surface area contributed by atoms with Gasteiger partial charge >= 0.3 is 5.97 Å². The zero-order valence-electron chi connectivity index (χ0n) is 9.16. The lowest BCUT2D eigenvalue weighted by Gasteiger charge is -2.29. The average Bonchev–Trinajstić information content (AvgIpc) is 2.05. The van der Waals surface area contributed by atoms with Crippen molar-refractivity contribution in [2.24, 2.45) is 5.92 Å². The summed E-state index contributed by atoms with van der Waals surface area (Å²) in [6.45, 7) is 1.48. The van der Waals surface area contributed by atoms with Crippen LogP contribution < -0.4 is 5.32 Å². The Morgan fingerprint density at radius 1 is 1.47 bits per heavy atom. The topological polar surface area (TPSA) is 66.4 Å². The molecule has 1 aliphatic rings. The van der Waals surface area contributed by atoms with Crippen molar-refractivity contribution in [1.29, 1.82) is 0 Å². The molecule has 0 heterocycles. The van der Waals surface area contributed by atoms with E-state index < -0.39 is 5.97 Å². The van der Waals surface area contributed by atoms with Crippen LogP contribution in [0, 0.1) is 5.92 Å². The number of rotatable bonds is 6. The fraction of sp³-hybridized carbons (Fsp3) is 0.818. The molecule has 0 aliphatic heterocycles. The molecule has 1 fully saturated rings. The lowest BCUT2D eigenvalue weighted by atomic mass is 9.80. The summed E-state index contributed by atoms with van der Waals surface area (Å²) >= 11 is 0. The number of carbonyl (C=O) groups is 2. The standard InChI is InChI=1S/C11H19NO3/c1-8(13)12-10(5-6-11(14)15)7-9-3-2-4-9/h9-10H,2-7H2,1H3,(H,12,13)(H,14,15). The van der Waals surface area contributed by atoms with Gasteiger partial charge in [-0.25, -0.2) is 0 Å². The summed E-state index contributed by atoms with van der Waals surface area (Å²) in [6.07, 6.45) is 5.35. The van der Waals surface area contributed by atoms with Crippen molar-refractivity contribution in [1.82, 2.24) is 5.32 Å². The van der Waals surface area contributed by atoms with E-state index >= 15 is 0 Å². The molecule has 4 heteroatoms. The fourth-order valence-corrected chi connectivity index (χ4v) is 1.96. The van der Waals surface area contributed by atoms with Gasteiger partial charge in [0.05, 0.1) is 0 Å². The highest BCUT2D eigenvalue weighted by atomic mass is 16.4. The van der Waals surface area contributed by atoms with Crippen LogP contribution in [0.2, 0.25) is 0 Å². The molecule has 1 unspecified atom stereocenters. The SMILES string of the molecule is CC(=O)NC(CCC(=O)O)CC1CCC1. The molecule has 1 rings (SSSR count). The Balaban J connectivity index is 2.29. The lowest BCUT2D eigenvalue weighted by Crippen LogP contribution is -2.36. The predicted octanol–water partition coefficient (Wildman–Crippen LogP) is 1.55. The zero-order valence-corrected chi connectivity index (χ0v) is 9.16. The van der Waals surface area contributed by atoms with E-state index in [-0.39, 0.29) is 18.4 Å². The second-order valence-corrected chi connectivity index (χ2v) is 4.36. The number of carboxylic acid groups (broad SMARTS) is 1. The van der Waals surface area contributed by atoms with Crippen molar-refractivity contribution in [3.05, 3.63) is 0 Å². The maximum atomic E-state index is 10.9. The first-order valence-electron chi connectivity index (χ1n) is 5.57. The number of hydrogen-bond donors (Lipinski definition) is 2. The van der Waals surface area contributed by atoms with Crippen LogP contribution in [-0.4, -0.2) is 23.0 Å². The van der Waals surface area contributed by atoms with Gasteiger partial charge in [-0.15, -0.1) is 0 Å². The quantitative estimate of drug-likeness (QED) is 0.703. The van der Waals surface area contributed by atoms with Crippen LogP contribution in [0.4, 0.5) is 0 Å². The van der Waals surface area contributed by atoms with Crippen molar-refractivity contribution in [2.45, 2.75) is 51.5 Å². The van der Waals surface area contributed by atoms with Crippen molar-refractivity contribution >= 4 is 11.9 Å². The number of carboxylic acids is 1. The highest BCUT2D eigenvalue weighted by molar-refractivity contribution is 5.73. The minimum absolute atomic E-state index is 0.0453. The van der Waals surface area contributed by atoms with Crippen molar-refractivity contribution in [3.63, 3.8) is 0 Å². The molecule has 0 aromatic heterocycles. The molecule has 15 heavy (non-hydrogen) atoms. The van der Waals surface area contributed by atoms with Gasteiger partial charge in [0.2, 0.25) is 5.91 Å². The van der Waals surface area contributed by atoms with Gasteiger partial charge in [0.25, 0.3) is 0 Å². The summed E-state index contributed by atoms with van der Waals surface area (Å²) in [5.74, 6) is -0.167. The van der Waals surface area contributed by atoms with Crippen molar-refractivity contribution in [2.75, 3.05) is 0 Å². The van der Waals surface area contributed by atoms with E-state index in [4.69, 9.17) is 5.11 Å². The monoisotopic (exact) mass is 213 g/mol.